The van der Waals surface area contributed by atoms with Gasteiger partial charge in [-0.05, 0) is 56.3 Å². The highest BCUT2D eigenvalue weighted by molar-refractivity contribution is 7.99. The largest absolute Gasteiger partial charge is 0.368 e. The zero-order chi connectivity index (χ0) is 15.5. The molecule has 3 rings (SSSR count). The second-order valence-electron chi connectivity index (χ2n) is 5.74. The lowest BCUT2D eigenvalue weighted by molar-refractivity contribution is 0.587. The molecular formula is C17H22N4S. The van der Waals surface area contributed by atoms with E-state index in [1.54, 1.807) is 11.8 Å². The molecule has 0 saturated carbocycles. The number of aromatic nitrogens is 2. The quantitative estimate of drug-likeness (QED) is 0.882. The van der Waals surface area contributed by atoms with Crippen molar-refractivity contribution >= 4 is 17.4 Å². The number of rotatable bonds is 3. The zero-order valence-corrected chi connectivity index (χ0v) is 14.2. The molecule has 1 aliphatic rings. The van der Waals surface area contributed by atoms with Crippen LogP contribution in [0.1, 0.15) is 17.0 Å². The fraction of sp³-hybridized carbons (Fsp3) is 0.412. The van der Waals surface area contributed by atoms with Gasteiger partial charge in [0.1, 0.15) is 0 Å². The summed E-state index contributed by atoms with van der Waals surface area (Å²) in [5.74, 6) is 0. The fourth-order valence-electron chi connectivity index (χ4n) is 2.71. The van der Waals surface area contributed by atoms with Crippen molar-refractivity contribution in [3.63, 3.8) is 0 Å². The van der Waals surface area contributed by atoms with Crippen LogP contribution in [0.2, 0.25) is 0 Å². The van der Waals surface area contributed by atoms with Gasteiger partial charge in [-0.1, -0.05) is 6.07 Å². The van der Waals surface area contributed by atoms with Gasteiger partial charge in [0.25, 0.3) is 0 Å². The van der Waals surface area contributed by atoms with Gasteiger partial charge < -0.3 is 10.2 Å². The Kier molecular flexibility index (Phi) is 4.64. The normalized spacial score (nSPS) is 15.1. The Morgan fingerprint density at radius 3 is 2.36 bits per heavy atom. The highest BCUT2D eigenvalue weighted by Gasteiger charge is 2.16. The number of anilines is 1. The molecule has 2 heterocycles. The molecule has 0 unspecified atom stereocenters. The zero-order valence-electron chi connectivity index (χ0n) is 13.4. The first-order chi connectivity index (χ1) is 10.6. The summed E-state index contributed by atoms with van der Waals surface area (Å²) in [6.07, 6.45) is 0. The monoisotopic (exact) mass is 314 g/mol. The summed E-state index contributed by atoms with van der Waals surface area (Å²) in [6.45, 7) is 10.3. The molecule has 1 fully saturated rings. The summed E-state index contributed by atoms with van der Waals surface area (Å²) in [4.78, 5) is 12.8. The summed E-state index contributed by atoms with van der Waals surface area (Å²) in [5, 5.41) is 4.24. The van der Waals surface area contributed by atoms with Crippen LogP contribution in [0.5, 0.6) is 0 Å². The van der Waals surface area contributed by atoms with E-state index in [0.717, 1.165) is 42.7 Å². The second-order valence-corrected chi connectivity index (χ2v) is 6.75. The first kappa shape index (κ1) is 15.3. The summed E-state index contributed by atoms with van der Waals surface area (Å²) in [5.41, 5.74) is 4.60. The van der Waals surface area contributed by atoms with Crippen molar-refractivity contribution in [2.24, 2.45) is 0 Å². The number of hydrogen-bond acceptors (Lipinski definition) is 5. The first-order valence-electron chi connectivity index (χ1n) is 7.68. The Balaban J connectivity index is 1.92. The van der Waals surface area contributed by atoms with Crippen LogP contribution in [0, 0.1) is 20.8 Å². The molecule has 1 aliphatic heterocycles. The first-order valence-corrected chi connectivity index (χ1v) is 8.50. The number of nitrogens with one attached hydrogen (secondary N) is 1. The van der Waals surface area contributed by atoms with E-state index in [9.17, 15) is 0 Å². The molecule has 0 atom stereocenters. The minimum absolute atomic E-state index is 0.833. The van der Waals surface area contributed by atoms with Gasteiger partial charge in [0.05, 0.1) is 5.69 Å². The van der Waals surface area contributed by atoms with Crippen LogP contribution in [-0.4, -0.2) is 36.1 Å². The molecule has 1 aromatic heterocycles. The van der Waals surface area contributed by atoms with Crippen molar-refractivity contribution in [1.29, 1.82) is 0 Å². The maximum atomic E-state index is 4.57. The Hall–Kier alpha value is -1.59. The molecule has 2 aromatic rings. The molecule has 1 N–H and O–H groups in total. The molecule has 22 heavy (non-hydrogen) atoms. The number of piperazine rings is 1. The number of aryl methyl sites for hydroxylation is 3. The third-order valence-corrected chi connectivity index (χ3v) is 4.65. The van der Waals surface area contributed by atoms with Crippen molar-refractivity contribution in [1.82, 2.24) is 15.3 Å². The average molecular weight is 314 g/mol. The van der Waals surface area contributed by atoms with Gasteiger partial charge in [-0.25, -0.2) is 9.97 Å². The lowest BCUT2D eigenvalue weighted by Crippen LogP contribution is -2.43. The molecule has 1 aromatic carbocycles. The molecule has 1 saturated heterocycles. The lowest BCUT2D eigenvalue weighted by atomic mass is 10.2. The van der Waals surface area contributed by atoms with Crippen LogP contribution < -0.4 is 10.2 Å². The Morgan fingerprint density at radius 2 is 1.68 bits per heavy atom. The van der Waals surface area contributed by atoms with E-state index in [1.165, 1.54) is 16.1 Å². The van der Waals surface area contributed by atoms with Crippen LogP contribution in [0.25, 0.3) is 0 Å². The Morgan fingerprint density at radius 1 is 1.00 bits per heavy atom. The standard InChI is InChI=1S/C17H22N4S/c1-12-4-5-15(21-8-6-18-7-9-21)16(10-12)22-17-19-13(2)11-14(3)20-17/h4-5,10-11,18H,6-9H2,1-3H3. The lowest BCUT2D eigenvalue weighted by Gasteiger charge is -2.31. The van der Waals surface area contributed by atoms with Crippen LogP contribution in [-0.2, 0) is 0 Å². The maximum Gasteiger partial charge on any atom is 0.192 e. The third-order valence-electron chi connectivity index (χ3n) is 3.74. The van der Waals surface area contributed by atoms with Crippen molar-refractivity contribution < 1.29 is 0 Å². The van der Waals surface area contributed by atoms with E-state index >= 15 is 0 Å². The summed E-state index contributed by atoms with van der Waals surface area (Å²) >= 11 is 1.67. The highest BCUT2D eigenvalue weighted by atomic mass is 32.2. The van der Waals surface area contributed by atoms with Crippen molar-refractivity contribution in [2.45, 2.75) is 30.8 Å². The van der Waals surface area contributed by atoms with Crippen molar-refractivity contribution in [3.8, 4) is 0 Å². The van der Waals surface area contributed by atoms with Gasteiger partial charge in [-0.3, -0.25) is 0 Å². The average Bonchev–Trinajstić information content (AvgIpc) is 2.47. The molecule has 0 spiro atoms. The molecule has 116 valence electrons. The van der Waals surface area contributed by atoms with Gasteiger partial charge in [-0.2, -0.15) is 0 Å². The van der Waals surface area contributed by atoms with E-state index < -0.39 is 0 Å². The minimum atomic E-state index is 0.833. The molecule has 0 radical (unpaired) electrons. The van der Waals surface area contributed by atoms with Gasteiger partial charge in [0, 0.05) is 42.5 Å². The topological polar surface area (TPSA) is 41.0 Å². The van der Waals surface area contributed by atoms with E-state index in [2.05, 4.69) is 45.3 Å². The smallest absolute Gasteiger partial charge is 0.192 e. The molecule has 0 bridgehead atoms. The number of benzene rings is 1. The van der Waals surface area contributed by atoms with E-state index in [-0.39, 0.29) is 0 Å². The summed E-state index contributed by atoms with van der Waals surface area (Å²) < 4.78 is 0. The van der Waals surface area contributed by atoms with Gasteiger partial charge in [0.2, 0.25) is 0 Å². The molecule has 5 heteroatoms. The van der Waals surface area contributed by atoms with E-state index in [4.69, 9.17) is 0 Å². The summed E-state index contributed by atoms with van der Waals surface area (Å²) in [6, 6.07) is 8.66. The van der Waals surface area contributed by atoms with Crippen molar-refractivity contribution in [3.05, 3.63) is 41.2 Å². The minimum Gasteiger partial charge on any atom is -0.368 e. The second kappa shape index (κ2) is 6.67. The highest BCUT2D eigenvalue weighted by Crippen LogP contribution is 2.35. The molecule has 0 aliphatic carbocycles. The van der Waals surface area contributed by atoms with Crippen LogP contribution in [0.3, 0.4) is 0 Å². The van der Waals surface area contributed by atoms with Crippen LogP contribution in [0.4, 0.5) is 5.69 Å². The Labute approximate surface area is 136 Å². The predicted molar refractivity (Wildman–Crippen MR) is 91.9 cm³/mol. The fourth-order valence-corrected chi connectivity index (χ4v) is 3.83. The summed E-state index contributed by atoms with van der Waals surface area (Å²) in [7, 11) is 0. The molecular weight excluding hydrogens is 292 g/mol. The number of nitrogens with zero attached hydrogens (tertiary/aromatic N) is 3. The van der Waals surface area contributed by atoms with Gasteiger partial charge >= 0.3 is 0 Å². The number of hydrogen-bond donors (Lipinski definition) is 1. The predicted octanol–water partition coefficient (Wildman–Crippen LogP) is 2.96. The molecule has 4 nitrogen and oxygen atoms in total. The molecule has 0 amide bonds. The maximum absolute atomic E-state index is 4.57. The van der Waals surface area contributed by atoms with Crippen LogP contribution >= 0.6 is 11.8 Å². The van der Waals surface area contributed by atoms with Gasteiger partial charge in [-0.15, -0.1) is 0 Å². The third kappa shape index (κ3) is 3.59. The van der Waals surface area contributed by atoms with E-state index in [1.807, 2.05) is 19.9 Å². The van der Waals surface area contributed by atoms with Gasteiger partial charge in [0.15, 0.2) is 5.16 Å². The van der Waals surface area contributed by atoms with E-state index in [0.29, 0.717) is 0 Å². The van der Waals surface area contributed by atoms with Crippen molar-refractivity contribution in [2.75, 3.05) is 31.1 Å². The van der Waals surface area contributed by atoms with Crippen LogP contribution in [0.15, 0.2) is 34.3 Å². The SMILES string of the molecule is Cc1ccc(N2CCNCC2)c(Sc2nc(C)cc(C)n2)c1. The Bertz CT molecular complexity index is 645.